The van der Waals surface area contributed by atoms with Crippen LogP contribution in [0.3, 0.4) is 0 Å². The highest BCUT2D eigenvalue weighted by molar-refractivity contribution is 5.34. The maximum absolute atomic E-state index is 10.5. The van der Waals surface area contributed by atoms with E-state index in [1.54, 1.807) is 12.1 Å². The zero-order chi connectivity index (χ0) is 12.8. The Labute approximate surface area is 101 Å². The van der Waals surface area contributed by atoms with E-state index < -0.39 is 4.92 Å². The van der Waals surface area contributed by atoms with Crippen molar-refractivity contribution in [2.75, 3.05) is 6.61 Å². The SMILES string of the molecule is CC(CCO)NC(C)c1ccc([N+](=O)[O-])cc1. The van der Waals surface area contributed by atoms with Gasteiger partial charge in [0, 0.05) is 30.8 Å². The molecule has 0 saturated carbocycles. The van der Waals surface area contributed by atoms with Gasteiger partial charge in [0.25, 0.3) is 5.69 Å². The molecule has 0 amide bonds. The van der Waals surface area contributed by atoms with Gasteiger partial charge in [-0.2, -0.15) is 0 Å². The molecule has 2 N–H and O–H groups in total. The Bertz CT molecular complexity index is 365. The Hall–Kier alpha value is -1.46. The van der Waals surface area contributed by atoms with Crippen LogP contribution < -0.4 is 5.32 Å². The van der Waals surface area contributed by atoms with Crippen molar-refractivity contribution in [3.63, 3.8) is 0 Å². The van der Waals surface area contributed by atoms with Crippen molar-refractivity contribution in [3.05, 3.63) is 39.9 Å². The van der Waals surface area contributed by atoms with E-state index in [2.05, 4.69) is 5.32 Å². The zero-order valence-electron chi connectivity index (χ0n) is 10.1. The number of benzene rings is 1. The lowest BCUT2D eigenvalue weighted by atomic mass is 10.1. The third-order valence-corrected chi connectivity index (χ3v) is 2.70. The lowest BCUT2D eigenvalue weighted by molar-refractivity contribution is -0.384. The summed E-state index contributed by atoms with van der Waals surface area (Å²) in [5.74, 6) is 0. The number of nitrogens with one attached hydrogen (secondary N) is 1. The molecule has 0 heterocycles. The molecule has 0 bridgehead atoms. The molecule has 2 unspecified atom stereocenters. The second kappa shape index (κ2) is 6.32. The van der Waals surface area contributed by atoms with Crippen LogP contribution in [0.25, 0.3) is 0 Å². The number of rotatable bonds is 6. The normalized spacial score (nSPS) is 14.3. The Kier molecular flexibility index (Phi) is 5.06. The standard InChI is InChI=1S/C12H18N2O3/c1-9(7-8-15)13-10(2)11-3-5-12(6-4-11)14(16)17/h3-6,9-10,13,15H,7-8H2,1-2H3. The molecule has 0 aliphatic rings. The van der Waals surface area contributed by atoms with E-state index in [-0.39, 0.29) is 24.4 Å². The van der Waals surface area contributed by atoms with Crippen molar-refractivity contribution >= 4 is 5.69 Å². The molecule has 5 nitrogen and oxygen atoms in total. The molecule has 0 aliphatic heterocycles. The highest BCUT2D eigenvalue weighted by Crippen LogP contribution is 2.18. The maximum atomic E-state index is 10.5. The van der Waals surface area contributed by atoms with Crippen molar-refractivity contribution in [3.8, 4) is 0 Å². The summed E-state index contributed by atoms with van der Waals surface area (Å²) in [5, 5.41) is 22.6. The summed E-state index contributed by atoms with van der Waals surface area (Å²) in [6.45, 7) is 4.15. The average molecular weight is 238 g/mol. The smallest absolute Gasteiger partial charge is 0.269 e. The summed E-state index contributed by atoms with van der Waals surface area (Å²) in [4.78, 5) is 10.1. The summed E-state index contributed by atoms with van der Waals surface area (Å²) in [5.41, 5.74) is 1.10. The molecule has 1 aromatic carbocycles. The highest BCUT2D eigenvalue weighted by Gasteiger charge is 2.11. The van der Waals surface area contributed by atoms with Gasteiger partial charge >= 0.3 is 0 Å². The molecule has 0 saturated heterocycles. The van der Waals surface area contributed by atoms with Crippen molar-refractivity contribution in [2.45, 2.75) is 32.4 Å². The number of non-ortho nitro benzene ring substituents is 1. The van der Waals surface area contributed by atoms with Crippen LogP contribution in [-0.2, 0) is 0 Å². The van der Waals surface area contributed by atoms with Crippen LogP contribution in [0, 0.1) is 10.1 Å². The number of aliphatic hydroxyl groups excluding tert-OH is 1. The molecule has 94 valence electrons. The van der Waals surface area contributed by atoms with Crippen LogP contribution in [0.5, 0.6) is 0 Å². The first-order valence-corrected chi connectivity index (χ1v) is 5.66. The molecule has 0 fully saturated rings. The van der Waals surface area contributed by atoms with E-state index in [9.17, 15) is 10.1 Å². The highest BCUT2D eigenvalue weighted by atomic mass is 16.6. The van der Waals surface area contributed by atoms with Crippen LogP contribution >= 0.6 is 0 Å². The number of nitrogens with zero attached hydrogens (tertiary/aromatic N) is 1. The van der Waals surface area contributed by atoms with Crippen molar-refractivity contribution in [2.24, 2.45) is 0 Å². The van der Waals surface area contributed by atoms with Crippen LogP contribution in [0.15, 0.2) is 24.3 Å². The van der Waals surface area contributed by atoms with Gasteiger partial charge in [-0.3, -0.25) is 10.1 Å². The minimum absolute atomic E-state index is 0.101. The predicted molar refractivity (Wildman–Crippen MR) is 65.8 cm³/mol. The summed E-state index contributed by atoms with van der Waals surface area (Å²) >= 11 is 0. The van der Waals surface area contributed by atoms with Gasteiger partial charge in [-0.05, 0) is 25.8 Å². The monoisotopic (exact) mass is 238 g/mol. The fourth-order valence-corrected chi connectivity index (χ4v) is 1.68. The van der Waals surface area contributed by atoms with Gasteiger partial charge in [-0.15, -0.1) is 0 Å². The van der Waals surface area contributed by atoms with Gasteiger partial charge in [-0.1, -0.05) is 12.1 Å². The van der Waals surface area contributed by atoms with Crippen LogP contribution in [0.4, 0.5) is 5.69 Å². The molecule has 0 radical (unpaired) electrons. The molecule has 17 heavy (non-hydrogen) atoms. The van der Waals surface area contributed by atoms with Gasteiger partial charge < -0.3 is 10.4 Å². The Morgan fingerprint density at radius 2 is 1.94 bits per heavy atom. The first-order chi connectivity index (χ1) is 8.04. The predicted octanol–water partition coefficient (Wildman–Crippen LogP) is 2.02. The van der Waals surface area contributed by atoms with E-state index in [4.69, 9.17) is 5.11 Å². The van der Waals surface area contributed by atoms with E-state index in [1.165, 1.54) is 12.1 Å². The van der Waals surface area contributed by atoms with Gasteiger partial charge in [0.2, 0.25) is 0 Å². The first kappa shape index (κ1) is 13.6. The number of hydrogen-bond acceptors (Lipinski definition) is 4. The van der Waals surface area contributed by atoms with Gasteiger partial charge in [0.15, 0.2) is 0 Å². The Morgan fingerprint density at radius 3 is 2.41 bits per heavy atom. The van der Waals surface area contributed by atoms with Crippen molar-refractivity contribution in [1.82, 2.24) is 5.32 Å². The zero-order valence-corrected chi connectivity index (χ0v) is 10.1. The average Bonchev–Trinajstić information content (AvgIpc) is 2.29. The second-order valence-electron chi connectivity index (χ2n) is 4.15. The Balaban J connectivity index is 2.63. The second-order valence-corrected chi connectivity index (χ2v) is 4.15. The van der Waals surface area contributed by atoms with Crippen molar-refractivity contribution in [1.29, 1.82) is 0 Å². The van der Waals surface area contributed by atoms with E-state index in [1.807, 2.05) is 13.8 Å². The molecule has 0 spiro atoms. The summed E-state index contributed by atoms with van der Waals surface area (Å²) in [6, 6.07) is 6.83. The molecule has 5 heteroatoms. The molecule has 1 aromatic rings. The van der Waals surface area contributed by atoms with Crippen LogP contribution in [-0.4, -0.2) is 22.7 Å². The summed E-state index contributed by atoms with van der Waals surface area (Å²) < 4.78 is 0. The maximum Gasteiger partial charge on any atom is 0.269 e. The largest absolute Gasteiger partial charge is 0.396 e. The van der Waals surface area contributed by atoms with Gasteiger partial charge in [0.1, 0.15) is 0 Å². The number of hydrogen-bond donors (Lipinski definition) is 2. The van der Waals surface area contributed by atoms with Crippen molar-refractivity contribution < 1.29 is 10.0 Å². The molecular formula is C12H18N2O3. The minimum Gasteiger partial charge on any atom is -0.396 e. The molecule has 2 atom stereocenters. The quantitative estimate of drug-likeness (QED) is 0.587. The van der Waals surface area contributed by atoms with Gasteiger partial charge in [0.05, 0.1) is 4.92 Å². The van der Waals surface area contributed by atoms with Crippen LogP contribution in [0.2, 0.25) is 0 Å². The third-order valence-electron chi connectivity index (χ3n) is 2.70. The Morgan fingerprint density at radius 1 is 1.35 bits per heavy atom. The first-order valence-electron chi connectivity index (χ1n) is 5.66. The number of nitro groups is 1. The number of aliphatic hydroxyl groups is 1. The van der Waals surface area contributed by atoms with Gasteiger partial charge in [-0.25, -0.2) is 0 Å². The summed E-state index contributed by atoms with van der Waals surface area (Å²) in [7, 11) is 0. The van der Waals surface area contributed by atoms with E-state index in [0.717, 1.165) is 5.56 Å². The fourth-order valence-electron chi connectivity index (χ4n) is 1.68. The molecular weight excluding hydrogens is 220 g/mol. The minimum atomic E-state index is -0.406. The third kappa shape index (κ3) is 4.13. The molecule has 0 aliphatic carbocycles. The molecule has 0 aromatic heterocycles. The van der Waals surface area contributed by atoms with E-state index >= 15 is 0 Å². The van der Waals surface area contributed by atoms with E-state index in [0.29, 0.717) is 6.42 Å². The lowest BCUT2D eigenvalue weighted by Crippen LogP contribution is -2.29. The number of nitro benzene ring substituents is 1. The summed E-state index contributed by atoms with van der Waals surface area (Å²) in [6.07, 6.45) is 0.692. The molecule has 1 rings (SSSR count). The fraction of sp³-hybridized carbons (Fsp3) is 0.500. The van der Waals surface area contributed by atoms with Crippen LogP contribution in [0.1, 0.15) is 31.9 Å². The topological polar surface area (TPSA) is 75.4 Å². The lowest BCUT2D eigenvalue weighted by Gasteiger charge is -2.19.